The second-order valence-electron chi connectivity index (χ2n) is 5.09. The molecular weight excluding hydrogens is 250 g/mol. The number of methoxy groups -OCH3 is 1. The zero-order chi connectivity index (χ0) is 14.8. The Bertz CT molecular complexity index is 379. The van der Waals surface area contributed by atoms with Crippen LogP contribution in [-0.4, -0.2) is 26.3 Å². The molecule has 3 heteroatoms. The molecule has 1 aromatic carbocycles. The van der Waals surface area contributed by atoms with Crippen molar-refractivity contribution in [3.8, 4) is 11.5 Å². The quantitative estimate of drug-likeness (QED) is 0.706. The molecule has 1 N–H and O–H groups in total. The number of rotatable bonds is 10. The van der Waals surface area contributed by atoms with Crippen LogP contribution in [0.25, 0.3) is 0 Å². The molecule has 1 unspecified atom stereocenters. The fourth-order valence-electron chi connectivity index (χ4n) is 2.18. The van der Waals surface area contributed by atoms with Crippen LogP contribution in [-0.2, 0) is 6.42 Å². The number of nitrogens with one attached hydrogen (secondary N) is 1. The van der Waals surface area contributed by atoms with Gasteiger partial charge in [-0.05, 0) is 43.5 Å². The summed E-state index contributed by atoms with van der Waals surface area (Å²) in [5.41, 5.74) is 1.27. The second kappa shape index (κ2) is 9.65. The smallest absolute Gasteiger partial charge is 0.161 e. The fraction of sp³-hybridized carbons (Fsp3) is 0.647. The summed E-state index contributed by atoms with van der Waals surface area (Å²) in [7, 11) is 1.69. The summed E-state index contributed by atoms with van der Waals surface area (Å²) in [6.07, 6.45) is 4.45. The molecule has 0 heterocycles. The molecule has 0 saturated heterocycles. The van der Waals surface area contributed by atoms with Crippen LogP contribution in [0.3, 0.4) is 0 Å². The van der Waals surface area contributed by atoms with Gasteiger partial charge in [-0.1, -0.05) is 33.3 Å². The zero-order valence-electron chi connectivity index (χ0n) is 13.4. The molecule has 1 rings (SSSR count). The molecule has 1 atom stereocenters. The lowest BCUT2D eigenvalue weighted by Crippen LogP contribution is -2.35. The highest BCUT2D eigenvalue weighted by atomic mass is 16.5. The Morgan fingerprint density at radius 1 is 1.10 bits per heavy atom. The third-order valence-corrected chi connectivity index (χ3v) is 3.40. The van der Waals surface area contributed by atoms with Crippen LogP contribution in [0.15, 0.2) is 18.2 Å². The van der Waals surface area contributed by atoms with Crippen molar-refractivity contribution in [1.29, 1.82) is 0 Å². The van der Waals surface area contributed by atoms with Crippen molar-refractivity contribution in [2.75, 3.05) is 20.3 Å². The van der Waals surface area contributed by atoms with E-state index < -0.39 is 0 Å². The molecule has 20 heavy (non-hydrogen) atoms. The SMILES string of the molecule is CCCNC(CCC)COc1ccc(CC)cc1OC. The zero-order valence-corrected chi connectivity index (χ0v) is 13.4. The van der Waals surface area contributed by atoms with Gasteiger partial charge in [0.15, 0.2) is 11.5 Å². The van der Waals surface area contributed by atoms with Crippen LogP contribution >= 0.6 is 0 Å². The molecule has 0 fully saturated rings. The predicted molar refractivity (Wildman–Crippen MR) is 84.9 cm³/mol. The molecule has 3 nitrogen and oxygen atoms in total. The lowest BCUT2D eigenvalue weighted by atomic mass is 10.1. The standard InChI is InChI=1S/C17H29NO2/c1-5-8-15(18-11-6-2)13-20-16-10-9-14(7-3)12-17(16)19-4/h9-10,12,15,18H,5-8,11,13H2,1-4H3. The van der Waals surface area contributed by atoms with Crippen LogP contribution < -0.4 is 14.8 Å². The van der Waals surface area contributed by atoms with Gasteiger partial charge in [0, 0.05) is 6.04 Å². The van der Waals surface area contributed by atoms with Gasteiger partial charge < -0.3 is 14.8 Å². The summed E-state index contributed by atoms with van der Waals surface area (Å²) in [6, 6.07) is 6.59. The van der Waals surface area contributed by atoms with E-state index in [-0.39, 0.29) is 0 Å². The van der Waals surface area contributed by atoms with Crippen molar-refractivity contribution < 1.29 is 9.47 Å². The van der Waals surface area contributed by atoms with Crippen LogP contribution in [0.1, 0.15) is 45.6 Å². The summed E-state index contributed by atoms with van der Waals surface area (Å²) in [6.45, 7) is 8.26. The molecule has 0 spiro atoms. The van der Waals surface area contributed by atoms with Crippen LogP contribution in [0.2, 0.25) is 0 Å². The molecule has 0 amide bonds. The summed E-state index contributed by atoms with van der Waals surface area (Å²) < 4.78 is 11.4. The number of aryl methyl sites for hydroxylation is 1. The van der Waals surface area contributed by atoms with E-state index in [1.807, 2.05) is 6.07 Å². The number of ether oxygens (including phenoxy) is 2. The molecule has 0 bridgehead atoms. The van der Waals surface area contributed by atoms with E-state index in [1.54, 1.807) is 7.11 Å². The topological polar surface area (TPSA) is 30.5 Å². The highest BCUT2D eigenvalue weighted by Crippen LogP contribution is 2.28. The average molecular weight is 279 g/mol. The molecule has 0 aliphatic rings. The minimum Gasteiger partial charge on any atom is -0.493 e. The van der Waals surface area contributed by atoms with Gasteiger partial charge >= 0.3 is 0 Å². The molecule has 0 radical (unpaired) electrons. The summed E-state index contributed by atoms with van der Waals surface area (Å²) >= 11 is 0. The first-order chi connectivity index (χ1) is 9.74. The Kier molecular flexibility index (Phi) is 8.12. The van der Waals surface area contributed by atoms with Gasteiger partial charge in [0.25, 0.3) is 0 Å². The van der Waals surface area contributed by atoms with Gasteiger partial charge in [0.05, 0.1) is 7.11 Å². The van der Waals surface area contributed by atoms with Crippen LogP contribution in [0.5, 0.6) is 11.5 Å². The maximum Gasteiger partial charge on any atom is 0.161 e. The Labute approximate surface area is 123 Å². The molecule has 0 aromatic heterocycles. The fourth-order valence-corrected chi connectivity index (χ4v) is 2.18. The van der Waals surface area contributed by atoms with E-state index in [9.17, 15) is 0 Å². The first-order valence-electron chi connectivity index (χ1n) is 7.78. The molecule has 0 saturated carbocycles. The molecule has 0 aliphatic heterocycles. The van der Waals surface area contributed by atoms with Gasteiger partial charge in [-0.15, -0.1) is 0 Å². The van der Waals surface area contributed by atoms with Crippen molar-refractivity contribution in [2.24, 2.45) is 0 Å². The van der Waals surface area contributed by atoms with E-state index in [0.29, 0.717) is 12.6 Å². The lowest BCUT2D eigenvalue weighted by molar-refractivity contribution is 0.244. The minimum atomic E-state index is 0.413. The first kappa shape index (κ1) is 16.8. The minimum absolute atomic E-state index is 0.413. The van der Waals surface area contributed by atoms with Crippen molar-refractivity contribution >= 4 is 0 Å². The maximum absolute atomic E-state index is 5.95. The second-order valence-corrected chi connectivity index (χ2v) is 5.09. The van der Waals surface area contributed by atoms with Gasteiger partial charge in [0.1, 0.15) is 6.61 Å². The Morgan fingerprint density at radius 2 is 1.90 bits per heavy atom. The van der Waals surface area contributed by atoms with Crippen LogP contribution in [0, 0.1) is 0 Å². The van der Waals surface area contributed by atoms with Crippen molar-refractivity contribution in [3.05, 3.63) is 23.8 Å². The monoisotopic (exact) mass is 279 g/mol. The largest absolute Gasteiger partial charge is 0.493 e. The van der Waals surface area contributed by atoms with E-state index in [0.717, 1.165) is 43.7 Å². The van der Waals surface area contributed by atoms with Crippen molar-refractivity contribution in [3.63, 3.8) is 0 Å². The van der Waals surface area contributed by atoms with Gasteiger partial charge in [0.2, 0.25) is 0 Å². The molecule has 1 aromatic rings. The molecular formula is C17H29NO2. The number of hydrogen-bond donors (Lipinski definition) is 1. The highest BCUT2D eigenvalue weighted by Gasteiger charge is 2.10. The number of benzene rings is 1. The van der Waals surface area contributed by atoms with E-state index in [4.69, 9.17) is 9.47 Å². The van der Waals surface area contributed by atoms with Crippen LogP contribution in [0.4, 0.5) is 0 Å². The summed E-state index contributed by atoms with van der Waals surface area (Å²) in [5.74, 6) is 1.67. The lowest BCUT2D eigenvalue weighted by Gasteiger charge is -2.19. The molecule has 0 aliphatic carbocycles. The predicted octanol–water partition coefficient (Wildman–Crippen LogP) is 3.80. The van der Waals surface area contributed by atoms with Crippen molar-refractivity contribution in [2.45, 2.75) is 52.5 Å². The van der Waals surface area contributed by atoms with E-state index in [1.165, 1.54) is 5.56 Å². The third-order valence-electron chi connectivity index (χ3n) is 3.40. The third kappa shape index (κ3) is 5.41. The Balaban J connectivity index is 2.61. The van der Waals surface area contributed by atoms with Crippen molar-refractivity contribution in [1.82, 2.24) is 5.32 Å². The van der Waals surface area contributed by atoms with Gasteiger partial charge in [-0.3, -0.25) is 0 Å². The maximum atomic E-state index is 5.95. The number of hydrogen-bond acceptors (Lipinski definition) is 3. The Morgan fingerprint density at radius 3 is 2.50 bits per heavy atom. The summed E-state index contributed by atoms with van der Waals surface area (Å²) in [4.78, 5) is 0. The average Bonchev–Trinajstić information content (AvgIpc) is 2.49. The van der Waals surface area contributed by atoms with E-state index in [2.05, 4.69) is 38.2 Å². The van der Waals surface area contributed by atoms with Gasteiger partial charge in [-0.25, -0.2) is 0 Å². The normalized spacial score (nSPS) is 12.2. The highest BCUT2D eigenvalue weighted by molar-refractivity contribution is 5.42. The summed E-state index contributed by atoms with van der Waals surface area (Å²) in [5, 5.41) is 3.53. The molecule has 114 valence electrons. The van der Waals surface area contributed by atoms with E-state index >= 15 is 0 Å². The first-order valence-corrected chi connectivity index (χ1v) is 7.78. The van der Waals surface area contributed by atoms with Gasteiger partial charge in [-0.2, -0.15) is 0 Å². The Hall–Kier alpha value is -1.22.